The van der Waals surface area contributed by atoms with Gasteiger partial charge in [-0.05, 0) is 40.8 Å². The number of esters is 1. The largest absolute Gasteiger partial charge is 0.508 e. The van der Waals surface area contributed by atoms with E-state index in [1.54, 1.807) is 30.3 Å². The van der Waals surface area contributed by atoms with Crippen LogP contribution in [0.1, 0.15) is 34.0 Å². The maximum absolute atomic E-state index is 12.9. The number of amides is 1. The second-order valence-corrected chi connectivity index (χ2v) is 8.12. The minimum Gasteiger partial charge on any atom is -0.508 e. The van der Waals surface area contributed by atoms with E-state index >= 15 is 0 Å². The van der Waals surface area contributed by atoms with Crippen LogP contribution in [0.5, 0.6) is 23.0 Å². The molecule has 0 bridgehead atoms. The number of benzene rings is 3. The van der Waals surface area contributed by atoms with Crippen molar-refractivity contribution < 1.29 is 29.3 Å². The number of rotatable bonds is 1. The Labute approximate surface area is 184 Å². The Morgan fingerprint density at radius 3 is 2.60 bits per heavy atom. The summed E-state index contributed by atoms with van der Waals surface area (Å²) in [5.41, 5.74) is 0.744. The summed E-state index contributed by atoms with van der Waals surface area (Å²) in [6.45, 7) is 1.35. The van der Waals surface area contributed by atoms with E-state index in [0.29, 0.717) is 31.5 Å². The zero-order valence-electron chi connectivity index (χ0n) is 15.5. The first-order chi connectivity index (χ1) is 14.3. The summed E-state index contributed by atoms with van der Waals surface area (Å²) in [7, 11) is 0. The first-order valence-corrected chi connectivity index (χ1v) is 10.1. The lowest BCUT2D eigenvalue weighted by Gasteiger charge is -2.38. The normalized spacial score (nSPS) is 18.1. The molecule has 1 atom stereocenters. The maximum atomic E-state index is 12.9. The van der Waals surface area contributed by atoms with Crippen molar-refractivity contribution in [3.05, 3.63) is 74.4 Å². The number of nitrogens with one attached hydrogen (secondary N) is 1. The molecule has 0 aliphatic carbocycles. The Kier molecular flexibility index (Phi) is 3.97. The van der Waals surface area contributed by atoms with Gasteiger partial charge in [0.25, 0.3) is 0 Å². The van der Waals surface area contributed by atoms with Crippen LogP contribution in [0.4, 0.5) is 5.69 Å². The number of phenolic OH excluding ortho intramolecular Hbond substituents is 2. The van der Waals surface area contributed by atoms with Crippen LogP contribution in [0, 0.1) is 3.57 Å². The standard InChI is InChI=1S/C22H14INO6/c1-10(25)24-20-18-17(9-15(27)19(20)23)29-16-8-11(26)6-7-14(16)22(18)13-5-3-2-4-12(13)21(28)30-22/h2-9,26-27H,1H3,(H,24,25). The van der Waals surface area contributed by atoms with Gasteiger partial charge in [-0.1, -0.05) is 18.2 Å². The average Bonchev–Trinajstić information content (AvgIpc) is 2.98. The molecule has 3 N–H and O–H groups in total. The minimum absolute atomic E-state index is 0.0261. The number of halogens is 1. The number of carbonyl (C=O) groups is 2. The molecule has 2 aliphatic rings. The summed E-state index contributed by atoms with van der Waals surface area (Å²) in [6, 6.07) is 12.9. The van der Waals surface area contributed by atoms with Crippen molar-refractivity contribution >= 4 is 40.2 Å². The molecule has 2 heterocycles. The van der Waals surface area contributed by atoms with Crippen molar-refractivity contribution in [3.63, 3.8) is 0 Å². The predicted molar refractivity (Wildman–Crippen MR) is 115 cm³/mol. The molecule has 0 aromatic heterocycles. The van der Waals surface area contributed by atoms with Gasteiger partial charge >= 0.3 is 5.97 Å². The Hall–Kier alpha value is -3.27. The Balaban J connectivity index is 1.95. The highest BCUT2D eigenvalue weighted by molar-refractivity contribution is 14.1. The van der Waals surface area contributed by atoms with Gasteiger partial charge in [-0.25, -0.2) is 4.79 Å². The van der Waals surface area contributed by atoms with E-state index in [1.165, 1.54) is 25.1 Å². The van der Waals surface area contributed by atoms with Crippen LogP contribution >= 0.6 is 22.6 Å². The van der Waals surface area contributed by atoms with Gasteiger partial charge < -0.3 is 25.0 Å². The fourth-order valence-corrected chi connectivity index (χ4v) is 4.65. The molecule has 0 fully saturated rings. The first kappa shape index (κ1) is 18.7. The zero-order valence-corrected chi connectivity index (χ0v) is 17.7. The molecule has 8 heteroatoms. The van der Waals surface area contributed by atoms with Crippen LogP contribution in [-0.2, 0) is 15.1 Å². The SMILES string of the molecule is CC(=O)Nc1c(I)c(O)cc2c1C1(OC(=O)c3ccccc31)c1ccc(O)cc1O2. The van der Waals surface area contributed by atoms with E-state index in [9.17, 15) is 19.8 Å². The van der Waals surface area contributed by atoms with Gasteiger partial charge in [0.1, 0.15) is 23.0 Å². The summed E-state index contributed by atoms with van der Waals surface area (Å²) in [6.07, 6.45) is 0. The highest BCUT2D eigenvalue weighted by atomic mass is 127. The Morgan fingerprint density at radius 2 is 1.83 bits per heavy atom. The molecule has 150 valence electrons. The number of carbonyl (C=O) groups excluding carboxylic acids is 2. The fourth-order valence-electron chi connectivity index (χ4n) is 4.09. The summed E-state index contributed by atoms with van der Waals surface area (Å²) in [5, 5.41) is 23.2. The number of ether oxygens (including phenoxy) is 2. The maximum Gasteiger partial charge on any atom is 0.340 e. The van der Waals surface area contributed by atoms with Crippen molar-refractivity contribution in [3.8, 4) is 23.0 Å². The van der Waals surface area contributed by atoms with Crippen molar-refractivity contribution in [2.24, 2.45) is 0 Å². The third-order valence-electron chi connectivity index (χ3n) is 5.20. The highest BCUT2D eigenvalue weighted by Gasteiger charge is 2.55. The molecule has 0 saturated heterocycles. The third-order valence-corrected chi connectivity index (χ3v) is 6.29. The second-order valence-electron chi connectivity index (χ2n) is 7.04. The van der Waals surface area contributed by atoms with Gasteiger partial charge in [0.2, 0.25) is 5.91 Å². The van der Waals surface area contributed by atoms with Crippen LogP contribution in [0.25, 0.3) is 0 Å². The van der Waals surface area contributed by atoms with Gasteiger partial charge in [0.05, 0.1) is 20.4 Å². The summed E-state index contributed by atoms with van der Waals surface area (Å²) < 4.78 is 12.4. The third kappa shape index (κ3) is 2.43. The molecule has 7 nitrogen and oxygen atoms in total. The number of fused-ring (bicyclic) bond motifs is 6. The molecule has 5 rings (SSSR count). The van der Waals surface area contributed by atoms with Gasteiger partial charge in [-0.3, -0.25) is 4.79 Å². The summed E-state index contributed by atoms with van der Waals surface area (Å²) >= 11 is 1.92. The molecule has 1 spiro atoms. The number of hydrogen-bond acceptors (Lipinski definition) is 6. The molecule has 0 saturated carbocycles. The first-order valence-electron chi connectivity index (χ1n) is 9.00. The molecule has 1 amide bonds. The lowest BCUT2D eigenvalue weighted by Crippen LogP contribution is -2.34. The van der Waals surface area contributed by atoms with E-state index < -0.39 is 11.6 Å². The van der Waals surface area contributed by atoms with Gasteiger partial charge in [-0.2, -0.15) is 0 Å². The van der Waals surface area contributed by atoms with Crippen LogP contribution in [0.15, 0.2) is 48.5 Å². The van der Waals surface area contributed by atoms with Crippen molar-refractivity contribution in [1.29, 1.82) is 0 Å². The Morgan fingerprint density at radius 1 is 1.07 bits per heavy atom. The quantitative estimate of drug-likeness (QED) is 0.331. The monoisotopic (exact) mass is 515 g/mol. The number of aromatic hydroxyl groups is 2. The minimum atomic E-state index is -1.42. The summed E-state index contributed by atoms with van der Waals surface area (Å²) in [5.74, 6) is -0.517. The summed E-state index contributed by atoms with van der Waals surface area (Å²) in [4.78, 5) is 24.8. The predicted octanol–water partition coefficient (Wildman–Crippen LogP) is 4.23. The molecule has 30 heavy (non-hydrogen) atoms. The van der Waals surface area contributed by atoms with E-state index in [4.69, 9.17) is 9.47 Å². The van der Waals surface area contributed by atoms with Gasteiger partial charge in [-0.15, -0.1) is 0 Å². The molecular weight excluding hydrogens is 501 g/mol. The molecule has 0 radical (unpaired) electrons. The van der Waals surface area contributed by atoms with Crippen LogP contribution in [-0.4, -0.2) is 22.1 Å². The lowest BCUT2D eigenvalue weighted by atomic mass is 9.77. The fraction of sp³-hybridized carbons (Fsp3) is 0.0909. The van der Waals surface area contributed by atoms with Gasteiger partial charge in [0, 0.05) is 30.2 Å². The molecular formula is C22H14INO6. The second kappa shape index (κ2) is 6.36. The highest BCUT2D eigenvalue weighted by Crippen LogP contribution is 2.60. The molecule has 3 aromatic rings. The van der Waals surface area contributed by atoms with Crippen molar-refractivity contribution in [2.75, 3.05) is 5.32 Å². The lowest BCUT2D eigenvalue weighted by molar-refractivity contribution is -0.114. The average molecular weight is 515 g/mol. The molecule has 1 unspecified atom stereocenters. The zero-order chi connectivity index (χ0) is 21.2. The number of anilines is 1. The van der Waals surface area contributed by atoms with E-state index in [1.807, 2.05) is 22.6 Å². The number of hydrogen-bond donors (Lipinski definition) is 3. The number of phenols is 2. The van der Waals surface area contributed by atoms with Crippen molar-refractivity contribution in [2.45, 2.75) is 12.5 Å². The van der Waals surface area contributed by atoms with Crippen LogP contribution in [0.3, 0.4) is 0 Å². The van der Waals surface area contributed by atoms with Crippen LogP contribution < -0.4 is 10.1 Å². The van der Waals surface area contributed by atoms with E-state index in [2.05, 4.69) is 5.32 Å². The smallest absolute Gasteiger partial charge is 0.340 e. The van der Waals surface area contributed by atoms with E-state index in [0.717, 1.165) is 0 Å². The molecule has 3 aromatic carbocycles. The topological polar surface area (TPSA) is 105 Å². The van der Waals surface area contributed by atoms with Crippen LogP contribution in [0.2, 0.25) is 0 Å². The Bertz CT molecular complexity index is 1270. The van der Waals surface area contributed by atoms with E-state index in [-0.39, 0.29) is 28.9 Å². The molecule has 2 aliphatic heterocycles. The van der Waals surface area contributed by atoms with Gasteiger partial charge in [0.15, 0.2) is 5.60 Å². The van der Waals surface area contributed by atoms with Crippen molar-refractivity contribution in [1.82, 2.24) is 0 Å².